The third-order valence-corrected chi connectivity index (χ3v) is 6.28. The standard InChI is InChI=1S/C16H24N6S2/c1-16(2,3)13-18-15(24-21-13)23-14-20-19-12(22(14)11-4-5-11)10-6-8-17-9-7-10/h10-11,17H,4-9H2,1-3H3. The molecule has 2 aromatic rings. The lowest BCUT2D eigenvalue weighted by atomic mass is 9.96. The van der Waals surface area contributed by atoms with Crippen molar-refractivity contribution in [3.8, 4) is 0 Å². The molecule has 4 rings (SSSR count). The molecule has 1 aliphatic carbocycles. The highest BCUT2D eigenvalue weighted by atomic mass is 32.2. The van der Waals surface area contributed by atoms with E-state index in [1.807, 2.05) is 0 Å². The maximum absolute atomic E-state index is 4.70. The number of aromatic nitrogens is 5. The fourth-order valence-corrected chi connectivity index (χ4v) is 4.83. The minimum Gasteiger partial charge on any atom is -0.317 e. The first kappa shape index (κ1) is 16.5. The molecule has 0 aromatic carbocycles. The highest BCUT2D eigenvalue weighted by Gasteiger charge is 2.33. The van der Waals surface area contributed by atoms with Crippen LogP contribution in [0.25, 0.3) is 0 Å². The molecule has 0 atom stereocenters. The molecule has 130 valence electrons. The smallest absolute Gasteiger partial charge is 0.198 e. The molecule has 1 saturated carbocycles. The van der Waals surface area contributed by atoms with E-state index in [0.717, 1.165) is 41.3 Å². The molecule has 0 radical (unpaired) electrons. The summed E-state index contributed by atoms with van der Waals surface area (Å²) in [5, 5.41) is 13.5. The topological polar surface area (TPSA) is 68.5 Å². The molecule has 1 saturated heterocycles. The summed E-state index contributed by atoms with van der Waals surface area (Å²) in [4.78, 5) is 4.70. The van der Waals surface area contributed by atoms with Gasteiger partial charge in [-0.05, 0) is 62.1 Å². The van der Waals surface area contributed by atoms with Crippen LogP contribution in [0.4, 0.5) is 0 Å². The largest absolute Gasteiger partial charge is 0.317 e. The Morgan fingerprint density at radius 3 is 2.50 bits per heavy atom. The van der Waals surface area contributed by atoms with Gasteiger partial charge in [0, 0.05) is 17.4 Å². The van der Waals surface area contributed by atoms with Gasteiger partial charge in [0.25, 0.3) is 0 Å². The maximum atomic E-state index is 4.70. The van der Waals surface area contributed by atoms with Gasteiger partial charge in [0.05, 0.1) is 0 Å². The van der Waals surface area contributed by atoms with Crippen molar-refractivity contribution in [3.63, 3.8) is 0 Å². The Balaban J connectivity index is 1.59. The van der Waals surface area contributed by atoms with Gasteiger partial charge in [-0.1, -0.05) is 20.8 Å². The van der Waals surface area contributed by atoms with Gasteiger partial charge in [0.2, 0.25) is 0 Å². The minimum atomic E-state index is -0.0142. The molecule has 2 aromatic heterocycles. The summed E-state index contributed by atoms with van der Waals surface area (Å²) in [7, 11) is 0. The average Bonchev–Trinajstić information content (AvgIpc) is 3.12. The second-order valence-corrected chi connectivity index (χ2v) is 9.67. The molecule has 2 aliphatic rings. The maximum Gasteiger partial charge on any atom is 0.198 e. The second kappa shape index (κ2) is 6.38. The van der Waals surface area contributed by atoms with Crippen LogP contribution < -0.4 is 5.32 Å². The first-order valence-electron chi connectivity index (χ1n) is 8.70. The van der Waals surface area contributed by atoms with Gasteiger partial charge in [-0.3, -0.25) is 0 Å². The summed E-state index contributed by atoms with van der Waals surface area (Å²) in [6.07, 6.45) is 4.80. The van der Waals surface area contributed by atoms with Crippen molar-refractivity contribution in [1.82, 2.24) is 29.4 Å². The van der Waals surface area contributed by atoms with E-state index in [1.165, 1.54) is 30.2 Å². The van der Waals surface area contributed by atoms with Crippen molar-refractivity contribution in [2.45, 2.75) is 73.3 Å². The quantitative estimate of drug-likeness (QED) is 0.897. The van der Waals surface area contributed by atoms with E-state index in [2.05, 4.69) is 45.2 Å². The van der Waals surface area contributed by atoms with E-state index in [0.29, 0.717) is 12.0 Å². The Bertz CT molecular complexity index is 706. The number of rotatable bonds is 4. The van der Waals surface area contributed by atoms with E-state index in [4.69, 9.17) is 4.98 Å². The van der Waals surface area contributed by atoms with Crippen LogP contribution in [0.3, 0.4) is 0 Å². The first-order valence-corrected chi connectivity index (χ1v) is 10.3. The Kier molecular flexibility index (Phi) is 4.38. The lowest BCUT2D eigenvalue weighted by molar-refractivity contribution is 0.426. The molecule has 3 heterocycles. The molecule has 0 spiro atoms. The highest BCUT2D eigenvalue weighted by Crippen LogP contribution is 2.43. The van der Waals surface area contributed by atoms with Gasteiger partial charge in [-0.15, -0.1) is 10.2 Å². The molecule has 1 N–H and O–H groups in total. The summed E-state index contributed by atoms with van der Waals surface area (Å²) in [6, 6.07) is 0.586. The lowest BCUT2D eigenvalue weighted by Gasteiger charge is -2.22. The van der Waals surface area contributed by atoms with Gasteiger partial charge in [-0.25, -0.2) is 4.98 Å². The molecule has 6 nitrogen and oxygen atoms in total. The average molecular weight is 365 g/mol. The molecule has 1 aliphatic heterocycles. The predicted molar refractivity (Wildman–Crippen MR) is 95.9 cm³/mol. The number of piperidine rings is 1. The summed E-state index contributed by atoms with van der Waals surface area (Å²) in [5.41, 5.74) is -0.0142. The Labute approximate surface area is 151 Å². The van der Waals surface area contributed by atoms with Crippen LogP contribution in [-0.2, 0) is 5.41 Å². The Morgan fingerprint density at radius 1 is 1.12 bits per heavy atom. The van der Waals surface area contributed by atoms with E-state index in [-0.39, 0.29) is 5.41 Å². The molecule has 2 fully saturated rings. The molecule has 0 bridgehead atoms. The fourth-order valence-electron chi connectivity index (χ4n) is 3.03. The summed E-state index contributed by atoms with van der Waals surface area (Å²) >= 11 is 3.09. The van der Waals surface area contributed by atoms with Gasteiger partial charge >= 0.3 is 0 Å². The third-order valence-electron chi connectivity index (χ3n) is 4.56. The normalized spacial score (nSPS) is 19.8. The van der Waals surface area contributed by atoms with Crippen molar-refractivity contribution >= 4 is 23.3 Å². The van der Waals surface area contributed by atoms with E-state index in [9.17, 15) is 0 Å². The van der Waals surface area contributed by atoms with Crippen molar-refractivity contribution in [2.75, 3.05) is 13.1 Å². The van der Waals surface area contributed by atoms with Crippen LogP contribution >= 0.6 is 23.3 Å². The number of nitrogens with one attached hydrogen (secondary N) is 1. The van der Waals surface area contributed by atoms with Crippen molar-refractivity contribution in [3.05, 3.63) is 11.6 Å². The molecule has 8 heteroatoms. The SMILES string of the molecule is CC(C)(C)c1nsc(Sc2nnc(C3CCNCC3)n2C2CC2)n1. The predicted octanol–water partition coefficient (Wildman–Crippen LogP) is 3.38. The monoisotopic (exact) mass is 364 g/mol. The Hall–Kier alpha value is -0.990. The summed E-state index contributed by atoms with van der Waals surface area (Å²) < 4.78 is 7.87. The van der Waals surface area contributed by atoms with E-state index >= 15 is 0 Å². The first-order chi connectivity index (χ1) is 11.5. The lowest BCUT2D eigenvalue weighted by Crippen LogP contribution is -2.28. The highest BCUT2D eigenvalue weighted by molar-refractivity contribution is 8.00. The zero-order valence-corrected chi connectivity index (χ0v) is 16.1. The van der Waals surface area contributed by atoms with Gasteiger partial charge in [0.15, 0.2) is 9.50 Å². The van der Waals surface area contributed by atoms with Gasteiger partial charge in [-0.2, -0.15) is 4.37 Å². The number of hydrogen-bond donors (Lipinski definition) is 1. The van der Waals surface area contributed by atoms with Gasteiger partial charge < -0.3 is 9.88 Å². The number of hydrogen-bond acceptors (Lipinski definition) is 7. The van der Waals surface area contributed by atoms with Crippen LogP contribution in [0.5, 0.6) is 0 Å². The Morgan fingerprint density at radius 2 is 1.88 bits per heavy atom. The van der Waals surface area contributed by atoms with Crippen molar-refractivity contribution in [1.29, 1.82) is 0 Å². The third kappa shape index (κ3) is 3.36. The molecular formula is C16H24N6S2. The fraction of sp³-hybridized carbons (Fsp3) is 0.750. The minimum absolute atomic E-state index is 0.0142. The van der Waals surface area contributed by atoms with Crippen LogP contribution in [0.2, 0.25) is 0 Å². The van der Waals surface area contributed by atoms with Crippen molar-refractivity contribution < 1.29 is 0 Å². The summed E-state index contributed by atoms with van der Waals surface area (Å²) in [6.45, 7) is 8.59. The van der Waals surface area contributed by atoms with Gasteiger partial charge in [0.1, 0.15) is 11.6 Å². The summed E-state index contributed by atoms with van der Waals surface area (Å²) in [5.74, 6) is 2.63. The van der Waals surface area contributed by atoms with Crippen LogP contribution in [0.1, 0.15) is 70.1 Å². The molecular weight excluding hydrogens is 340 g/mol. The number of nitrogens with zero attached hydrogens (tertiary/aromatic N) is 5. The zero-order chi connectivity index (χ0) is 16.7. The van der Waals surface area contributed by atoms with E-state index < -0.39 is 0 Å². The molecule has 24 heavy (non-hydrogen) atoms. The van der Waals surface area contributed by atoms with Crippen LogP contribution in [0.15, 0.2) is 9.50 Å². The van der Waals surface area contributed by atoms with Crippen LogP contribution in [0, 0.1) is 0 Å². The van der Waals surface area contributed by atoms with E-state index in [1.54, 1.807) is 11.8 Å². The molecule has 0 amide bonds. The van der Waals surface area contributed by atoms with Crippen molar-refractivity contribution in [2.24, 2.45) is 0 Å². The second-order valence-electron chi connectivity index (χ2n) is 7.70. The van der Waals surface area contributed by atoms with Crippen LogP contribution in [-0.4, -0.2) is 37.2 Å². The zero-order valence-electron chi connectivity index (χ0n) is 14.4. The molecule has 0 unspecified atom stereocenters.